The normalized spacial score (nSPS) is 21.0. The van der Waals surface area contributed by atoms with E-state index in [1.807, 2.05) is 0 Å². The quantitative estimate of drug-likeness (QED) is 0.569. The van der Waals surface area contributed by atoms with Gasteiger partial charge in [0.15, 0.2) is 17.2 Å². The van der Waals surface area contributed by atoms with Gasteiger partial charge in [-0.2, -0.15) is 0 Å². The molecule has 1 saturated carbocycles. The summed E-state index contributed by atoms with van der Waals surface area (Å²) in [4.78, 5) is 40.0. The van der Waals surface area contributed by atoms with Crippen LogP contribution in [0.4, 0.5) is 4.39 Å². The second-order valence-corrected chi connectivity index (χ2v) is 9.15. The zero-order chi connectivity index (χ0) is 24.8. The number of halogens is 2. The summed E-state index contributed by atoms with van der Waals surface area (Å²) < 4.78 is 26.7. The minimum atomic E-state index is -0.913. The number of aromatic nitrogens is 1. The van der Waals surface area contributed by atoms with Crippen LogP contribution >= 0.6 is 11.6 Å². The summed E-state index contributed by atoms with van der Waals surface area (Å²) in [6, 6.07) is 3.02. The molecule has 1 aromatic carbocycles. The number of fused-ring (bicyclic) bond motifs is 2. The number of nitrogens with zero attached hydrogens (tertiary/aromatic N) is 2. The summed E-state index contributed by atoms with van der Waals surface area (Å²) in [6.45, 7) is 2.89. The van der Waals surface area contributed by atoms with Crippen LogP contribution in [-0.4, -0.2) is 60.2 Å². The minimum Gasteiger partial charge on any atom is -0.503 e. The third-order valence-electron chi connectivity index (χ3n) is 6.64. The van der Waals surface area contributed by atoms with Crippen molar-refractivity contribution in [1.29, 1.82) is 0 Å². The molecule has 2 aromatic rings. The Balaban J connectivity index is 1.65. The van der Waals surface area contributed by atoms with Crippen LogP contribution in [0.1, 0.15) is 46.2 Å². The predicted molar refractivity (Wildman–Crippen MR) is 123 cm³/mol. The summed E-state index contributed by atoms with van der Waals surface area (Å²) in [5.74, 6) is -2.21. The lowest BCUT2D eigenvalue weighted by Gasteiger charge is -2.35. The minimum absolute atomic E-state index is 0.00213. The number of carbonyl (C=O) groups is 2. The molecule has 1 aliphatic heterocycles. The largest absolute Gasteiger partial charge is 0.503 e. The van der Waals surface area contributed by atoms with Crippen LogP contribution in [0.2, 0.25) is 5.02 Å². The van der Waals surface area contributed by atoms with Gasteiger partial charge in [0.25, 0.3) is 5.91 Å². The Kier molecular flexibility index (Phi) is 6.44. The van der Waals surface area contributed by atoms with E-state index in [1.165, 1.54) is 23.2 Å². The molecule has 10 heteroatoms. The van der Waals surface area contributed by atoms with E-state index in [-0.39, 0.29) is 46.4 Å². The Morgan fingerprint density at radius 2 is 2.09 bits per heavy atom. The standard InChI is InChI=1S/C24H26ClFN2O6/c1-4-34-17-8-6-13(19(26)18(17)25)5-7-16(29)15-10-28-20(22(31)21(15)30)23(32)27(2)12-24(28)9-14(24)11-33-3/h6,8,10,14,31H,4-5,7,9,11-12H2,1-3H3/t14-,24-/m0/s1. The molecule has 1 aliphatic carbocycles. The molecule has 182 valence electrons. The zero-order valence-corrected chi connectivity index (χ0v) is 19.9. The number of methoxy groups -OCH3 is 1. The number of carbonyl (C=O) groups excluding carboxylic acids is 2. The van der Waals surface area contributed by atoms with E-state index in [0.717, 1.165) is 0 Å². The summed E-state index contributed by atoms with van der Waals surface area (Å²) in [5, 5.41) is 10.5. The molecular formula is C24H26ClFN2O6. The Morgan fingerprint density at radius 1 is 1.35 bits per heavy atom. The fraction of sp³-hybridized carbons (Fsp3) is 0.458. The molecule has 34 heavy (non-hydrogen) atoms. The highest BCUT2D eigenvalue weighted by molar-refractivity contribution is 6.32. The van der Waals surface area contributed by atoms with Gasteiger partial charge < -0.3 is 24.0 Å². The smallest absolute Gasteiger partial charge is 0.274 e. The van der Waals surface area contributed by atoms with E-state index in [4.69, 9.17) is 21.1 Å². The van der Waals surface area contributed by atoms with Crippen LogP contribution in [0.5, 0.6) is 11.5 Å². The second-order valence-electron chi connectivity index (χ2n) is 8.77. The highest BCUT2D eigenvalue weighted by Crippen LogP contribution is 2.53. The van der Waals surface area contributed by atoms with Crippen molar-refractivity contribution in [3.63, 3.8) is 0 Å². The van der Waals surface area contributed by atoms with Gasteiger partial charge in [-0.05, 0) is 31.4 Å². The number of ether oxygens (including phenoxy) is 2. The third kappa shape index (κ3) is 3.86. The first-order chi connectivity index (χ1) is 16.2. The molecule has 0 saturated heterocycles. The first-order valence-corrected chi connectivity index (χ1v) is 11.4. The number of hydrogen-bond donors (Lipinski definition) is 1. The van der Waals surface area contributed by atoms with Gasteiger partial charge in [-0.3, -0.25) is 14.4 Å². The average Bonchev–Trinajstić information content (AvgIpc) is 3.49. The molecule has 1 fully saturated rings. The molecule has 8 nitrogen and oxygen atoms in total. The molecule has 2 aliphatic rings. The van der Waals surface area contributed by atoms with Crippen molar-refractivity contribution < 1.29 is 28.6 Å². The summed E-state index contributed by atoms with van der Waals surface area (Å²) in [6.07, 6.45) is 1.86. The zero-order valence-electron chi connectivity index (χ0n) is 19.2. The topological polar surface area (TPSA) is 98.1 Å². The van der Waals surface area contributed by atoms with Crippen molar-refractivity contribution in [1.82, 2.24) is 9.47 Å². The van der Waals surface area contributed by atoms with E-state index < -0.39 is 34.2 Å². The van der Waals surface area contributed by atoms with Gasteiger partial charge in [0.1, 0.15) is 16.6 Å². The number of amides is 1. The first-order valence-electron chi connectivity index (χ1n) is 11.0. The van der Waals surface area contributed by atoms with Crippen molar-refractivity contribution in [2.24, 2.45) is 5.92 Å². The van der Waals surface area contributed by atoms with Crippen LogP contribution in [0.15, 0.2) is 23.1 Å². The second kappa shape index (κ2) is 9.03. The maximum absolute atomic E-state index is 14.6. The van der Waals surface area contributed by atoms with E-state index >= 15 is 0 Å². The van der Waals surface area contributed by atoms with Crippen molar-refractivity contribution in [3.05, 3.63) is 56.2 Å². The number of benzene rings is 1. The number of ketones is 1. The van der Waals surface area contributed by atoms with Gasteiger partial charge in [0.2, 0.25) is 5.43 Å². The number of aryl methyl sites for hydroxylation is 1. The Hall–Kier alpha value is -2.91. The average molecular weight is 493 g/mol. The SMILES string of the molecule is CCOc1ccc(CCC(=O)c2cn3c(c(O)c2=O)C(=O)N(C)C[C@]32C[C@H]2COC)c(F)c1Cl. The lowest BCUT2D eigenvalue weighted by Crippen LogP contribution is -2.48. The molecule has 2 heterocycles. The fourth-order valence-electron chi connectivity index (χ4n) is 4.78. The van der Waals surface area contributed by atoms with E-state index in [9.17, 15) is 23.9 Å². The van der Waals surface area contributed by atoms with E-state index in [0.29, 0.717) is 26.2 Å². The molecule has 0 bridgehead atoms. The number of aromatic hydroxyl groups is 1. The maximum Gasteiger partial charge on any atom is 0.274 e. The number of pyridine rings is 1. The van der Waals surface area contributed by atoms with Crippen molar-refractivity contribution in [2.45, 2.75) is 31.7 Å². The number of likely N-dealkylation sites (N-methyl/N-ethyl adjacent to an activating group) is 1. The van der Waals surface area contributed by atoms with Gasteiger partial charge in [-0.15, -0.1) is 0 Å². The molecule has 1 N–H and O–H groups in total. The Labute approximate surface area is 200 Å². The van der Waals surface area contributed by atoms with Crippen LogP contribution in [-0.2, 0) is 16.7 Å². The number of Topliss-reactive ketones (excluding diaryl/α,β-unsaturated/α-hetero) is 1. The van der Waals surface area contributed by atoms with Gasteiger partial charge in [-0.25, -0.2) is 4.39 Å². The van der Waals surface area contributed by atoms with Gasteiger partial charge in [0, 0.05) is 39.2 Å². The molecule has 0 radical (unpaired) electrons. The Bertz CT molecular complexity index is 1230. The van der Waals surface area contributed by atoms with Gasteiger partial charge in [0.05, 0.1) is 24.3 Å². The van der Waals surface area contributed by atoms with Crippen LogP contribution in [0, 0.1) is 11.7 Å². The lowest BCUT2D eigenvalue weighted by atomic mass is 10.00. The van der Waals surface area contributed by atoms with E-state index in [1.54, 1.807) is 25.6 Å². The summed E-state index contributed by atoms with van der Waals surface area (Å²) >= 11 is 6.02. The molecule has 2 atom stereocenters. The first kappa shape index (κ1) is 24.2. The highest BCUT2D eigenvalue weighted by Gasteiger charge is 2.60. The fourth-order valence-corrected chi connectivity index (χ4v) is 5.02. The molecule has 1 amide bonds. The van der Waals surface area contributed by atoms with E-state index in [2.05, 4.69) is 0 Å². The lowest BCUT2D eigenvalue weighted by molar-refractivity contribution is 0.0664. The highest BCUT2D eigenvalue weighted by atomic mass is 35.5. The van der Waals surface area contributed by atoms with Crippen molar-refractivity contribution in [3.8, 4) is 11.5 Å². The van der Waals surface area contributed by atoms with Crippen LogP contribution in [0.25, 0.3) is 0 Å². The van der Waals surface area contributed by atoms with Gasteiger partial charge in [-0.1, -0.05) is 17.7 Å². The number of rotatable bonds is 8. The summed E-state index contributed by atoms with van der Waals surface area (Å²) in [7, 11) is 3.18. The van der Waals surface area contributed by atoms with Crippen molar-refractivity contribution >= 4 is 23.3 Å². The monoisotopic (exact) mass is 492 g/mol. The molecular weight excluding hydrogens is 467 g/mol. The van der Waals surface area contributed by atoms with Gasteiger partial charge >= 0.3 is 0 Å². The van der Waals surface area contributed by atoms with Crippen LogP contribution < -0.4 is 10.2 Å². The maximum atomic E-state index is 14.6. The molecule has 0 unspecified atom stereocenters. The Morgan fingerprint density at radius 3 is 2.76 bits per heavy atom. The molecule has 4 rings (SSSR count). The van der Waals surface area contributed by atoms with Crippen LogP contribution in [0.3, 0.4) is 0 Å². The summed E-state index contributed by atoms with van der Waals surface area (Å²) in [5.41, 5.74) is -1.62. The predicted octanol–water partition coefficient (Wildman–Crippen LogP) is 3.01. The number of hydrogen-bond acceptors (Lipinski definition) is 6. The van der Waals surface area contributed by atoms with Crippen molar-refractivity contribution in [2.75, 3.05) is 33.9 Å². The third-order valence-corrected chi connectivity index (χ3v) is 6.99. The molecule has 1 spiro atoms. The molecule has 1 aromatic heterocycles.